The molecular weight excluding hydrogens is 322 g/mol. The van der Waals surface area contributed by atoms with Crippen LogP contribution in [0.1, 0.15) is 5.56 Å². The Kier molecular flexibility index (Phi) is 4.57. The van der Waals surface area contributed by atoms with E-state index in [2.05, 4.69) is 9.97 Å². The Bertz CT molecular complexity index is 913. The number of anilines is 1. The molecule has 1 aromatic heterocycles. The molecule has 0 aliphatic rings. The van der Waals surface area contributed by atoms with Crippen molar-refractivity contribution in [1.82, 2.24) is 9.97 Å². The van der Waals surface area contributed by atoms with Gasteiger partial charge in [-0.3, -0.25) is 0 Å². The average molecular weight is 339 g/mol. The van der Waals surface area contributed by atoms with Crippen LogP contribution in [-0.2, 0) is 15.8 Å². The lowest BCUT2D eigenvalue weighted by Crippen LogP contribution is -2.29. The molecule has 0 aliphatic carbocycles. The van der Waals surface area contributed by atoms with E-state index >= 15 is 0 Å². The molecule has 0 unspecified atom stereocenters. The molecule has 3 aromatic rings. The van der Waals surface area contributed by atoms with E-state index in [0.717, 1.165) is 15.4 Å². The molecule has 5 nitrogen and oxygen atoms in total. The number of hydrogen-bond acceptors (Lipinski definition) is 4. The van der Waals surface area contributed by atoms with Crippen molar-refractivity contribution in [3.05, 3.63) is 78.5 Å². The van der Waals surface area contributed by atoms with Crippen LogP contribution in [0.3, 0.4) is 0 Å². The van der Waals surface area contributed by atoms with E-state index in [1.807, 2.05) is 48.5 Å². The second kappa shape index (κ2) is 6.80. The van der Waals surface area contributed by atoms with Gasteiger partial charge in [-0.05, 0) is 11.6 Å². The zero-order chi connectivity index (χ0) is 17.0. The molecule has 2 aromatic carbocycles. The number of benzene rings is 2. The third-order valence-corrected chi connectivity index (χ3v) is 5.30. The zero-order valence-electron chi connectivity index (χ0n) is 13.2. The molecule has 1 heterocycles. The molecular formula is C18H17N3O2S. The van der Waals surface area contributed by atoms with Gasteiger partial charge >= 0.3 is 0 Å². The summed E-state index contributed by atoms with van der Waals surface area (Å²) < 4.78 is 26.3. The molecule has 0 N–H and O–H groups in total. The summed E-state index contributed by atoms with van der Waals surface area (Å²) in [4.78, 5) is 8.49. The Morgan fingerprint density at radius 1 is 0.917 bits per heavy atom. The molecule has 0 saturated carbocycles. The topological polar surface area (TPSA) is 63.2 Å². The van der Waals surface area contributed by atoms with Crippen molar-refractivity contribution >= 4 is 16.0 Å². The number of rotatable bonds is 5. The van der Waals surface area contributed by atoms with Crippen molar-refractivity contribution in [2.24, 2.45) is 0 Å². The SMILES string of the molecule is CN(c1nccc(-c2ccccc2)n1)S(=O)(=O)Cc1ccccc1. The fraction of sp³-hybridized carbons (Fsp3) is 0.111. The second-order valence-corrected chi connectivity index (χ2v) is 7.32. The van der Waals surface area contributed by atoms with E-state index in [9.17, 15) is 8.42 Å². The van der Waals surface area contributed by atoms with E-state index in [4.69, 9.17) is 0 Å². The van der Waals surface area contributed by atoms with E-state index in [1.165, 1.54) is 7.05 Å². The van der Waals surface area contributed by atoms with Gasteiger partial charge in [0.15, 0.2) is 0 Å². The normalized spacial score (nSPS) is 11.2. The Balaban J connectivity index is 1.88. The summed E-state index contributed by atoms with van der Waals surface area (Å²) in [7, 11) is -2.08. The zero-order valence-corrected chi connectivity index (χ0v) is 14.0. The monoisotopic (exact) mass is 339 g/mol. The molecule has 0 fully saturated rings. The van der Waals surface area contributed by atoms with Crippen LogP contribution < -0.4 is 4.31 Å². The van der Waals surface area contributed by atoms with Crippen molar-refractivity contribution in [2.45, 2.75) is 5.75 Å². The molecule has 24 heavy (non-hydrogen) atoms. The highest BCUT2D eigenvalue weighted by Gasteiger charge is 2.21. The smallest absolute Gasteiger partial charge is 0.240 e. The predicted octanol–water partition coefficient (Wildman–Crippen LogP) is 3.11. The predicted molar refractivity (Wildman–Crippen MR) is 94.9 cm³/mol. The summed E-state index contributed by atoms with van der Waals surface area (Å²) in [5, 5.41) is 0. The third-order valence-electron chi connectivity index (χ3n) is 3.60. The molecule has 6 heteroatoms. The van der Waals surface area contributed by atoms with Crippen molar-refractivity contribution in [3.63, 3.8) is 0 Å². The summed E-state index contributed by atoms with van der Waals surface area (Å²) in [5.74, 6) is 0.0655. The van der Waals surface area contributed by atoms with Crippen LogP contribution in [0.2, 0.25) is 0 Å². The van der Waals surface area contributed by atoms with Gasteiger partial charge in [-0.25, -0.2) is 22.7 Å². The second-order valence-electron chi connectivity index (χ2n) is 5.32. The largest absolute Gasteiger partial charge is 0.241 e. The molecule has 0 radical (unpaired) electrons. The lowest BCUT2D eigenvalue weighted by molar-refractivity contribution is 0.592. The molecule has 0 atom stereocenters. The summed E-state index contributed by atoms with van der Waals surface area (Å²) in [6.45, 7) is 0. The Morgan fingerprint density at radius 2 is 1.54 bits per heavy atom. The van der Waals surface area contributed by atoms with Crippen LogP contribution in [0, 0.1) is 0 Å². The standard InChI is InChI=1S/C18H17N3O2S/c1-21(24(22,23)14-15-8-4-2-5-9-15)18-19-13-12-17(20-18)16-10-6-3-7-11-16/h2-13H,14H2,1H3. The van der Waals surface area contributed by atoms with E-state index in [-0.39, 0.29) is 11.7 Å². The van der Waals surface area contributed by atoms with Crippen LogP contribution in [0.5, 0.6) is 0 Å². The Morgan fingerprint density at radius 3 is 2.21 bits per heavy atom. The van der Waals surface area contributed by atoms with Crippen molar-refractivity contribution in [2.75, 3.05) is 11.4 Å². The minimum absolute atomic E-state index is 0.0940. The summed E-state index contributed by atoms with van der Waals surface area (Å²) in [5.41, 5.74) is 2.32. The minimum atomic E-state index is -3.56. The molecule has 0 amide bonds. The average Bonchev–Trinajstić information content (AvgIpc) is 2.62. The number of sulfonamides is 1. The lowest BCUT2D eigenvalue weighted by atomic mass is 10.1. The maximum absolute atomic E-state index is 12.6. The highest BCUT2D eigenvalue weighted by molar-refractivity contribution is 7.92. The first-order valence-corrected chi connectivity index (χ1v) is 9.06. The third kappa shape index (κ3) is 3.60. The van der Waals surface area contributed by atoms with Crippen LogP contribution >= 0.6 is 0 Å². The maximum atomic E-state index is 12.6. The van der Waals surface area contributed by atoms with Crippen LogP contribution in [0.4, 0.5) is 5.95 Å². The van der Waals surface area contributed by atoms with E-state index in [0.29, 0.717) is 5.69 Å². The molecule has 0 spiro atoms. The maximum Gasteiger partial charge on any atom is 0.241 e. The van der Waals surface area contributed by atoms with Gasteiger partial charge in [0.2, 0.25) is 16.0 Å². The minimum Gasteiger partial charge on any atom is -0.240 e. The summed E-state index contributed by atoms with van der Waals surface area (Å²) >= 11 is 0. The Hall–Kier alpha value is -2.73. The van der Waals surface area contributed by atoms with Crippen molar-refractivity contribution < 1.29 is 8.42 Å². The Labute approximate surface area is 141 Å². The number of nitrogens with zero attached hydrogens (tertiary/aromatic N) is 3. The molecule has 0 bridgehead atoms. The van der Waals surface area contributed by atoms with Gasteiger partial charge in [0, 0.05) is 18.8 Å². The number of hydrogen-bond donors (Lipinski definition) is 0. The van der Waals surface area contributed by atoms with Gasteiger partial charge in [0.1, 0.15) is 0 Å². The fourth-order valence-corrected chi connectivity index (χ4v) is 3.42. The van der Waals surface area contributed by atoms with Crippen molar-refractivity contribution in [1.29, 1.82) is 0 Å². The van der Waals surface area contributed by atoms with E-state index in [1.54, 1.807) is 24.4 Å². The van der Waals surface area contributed by atoms with Crippen LogP contribution in [0.25, 0.3) is 11.3 Å². The first-order valence-electron chi connectivity index (χ1n) is 7.45. The quantitative estimate of drug-likeness (QED) is 0.716. The molecule has 0 aliphatic heterocycles. The first-order chi connectivity index (χ1) is 11.6. The van der Waals surface area contributed by atoms with Crippen LogP contribution in [0.15, 0.2) is 72.9 Å². The summed E-state index contributed by atoms with van der Waals surface area (Å²) in [6.07, 6.45) is 1.57. The molecule has 3 rings (SSSR count). The van der Waals surface area contributed by atoms with Crippen LogP contribution in [-0.4, -0.2) is 25.4 Å². The number of aromatic nitrogens is 2. The van der Waals surface area contributed by atoms with Gasteiger partial charge in [0.25, 0.3) is 0 Å². The van der Waals surface area contributed by atoms with Gasteiger partial charge in [-0.2, -0.15) is 0 Å². The molecule has 122 valence electrons. The van der Waals surface area contributed by atoms with Gasteiger partial charge in [0.05, 0.1) is 11.4 Å². The van der Waals surface area contributed by atoms with Crippen molar-refractivity contribution in [3.8, 4) is 11.3 Å². The van der Waals surface area contributed by atoms with Gasteiger partial charge < -0.3 is 0 Å². The van der Waals surface area contributed by atoms with E-state index < -0.39 is 10.0 Å². The summed E-state index contributed by atoms with van der Waals surface area (Å²) in [6, 6.07) is 20.4. The highest BCUT2D eigenvalue weighted by atomic mass is 32.2. The fourth-order valence-electron chi connectivity index (χ4n) is 2.28. The lowest BCUT2D eigenvalue weighted by Gasteiger charge is -2.18. The highest BCUT2D eigenvalue weighted by Crippen LogP contribution is 2.20. The van der Waals surface area contributed by atoms with Gasteiger partial charge in [-0.1, -0.05) is 60.7 Å². The molecule has 0 saturated heterocycles. The van der Waals surface area contributed by atoms with Gasteiger partial charge in [-0.15, -0.1) is 0 Å². The first kappa shape index (κ1) is 16.1.